The van der Waals surface area contributed by atoms with Gasteiger partial charge in [0.25, 0.3) is 0 Å². The predicted octanol–water partition coefficient (Wildman–Crippen LogP) is 5.00. The molecule has 0 spiro atoms. The number of phenols is 1. The second kappa shape index (κ2) is 10.6. The van der Waals surface area contributed by atoms with Crippen LogP contribution in [0.1, 0.15) is 11.1 Å². The van der Waals surface area contributed by atoms with Crippen molar-refractivity contribution >= 4 is 29.5 Å². The number of carbonyl (C=O) groups is 2. The summed E-state index contributed by atoms with van der Waals surface area (Å²) >= 11 is 0. The number of nitrogens with zero attached hydrogens (tertiary/aromatic N) is 5. The summed E-state index contributed by atoms with van der Waals surface area (Å²) < 4.78 is 20.0. The molecule has 0 radical (unpaired) electrons. The minimum atomic E-state index is -0.638. The number of anilines is 1. The number of hydrogen-bond acceptors (Lipinski definition) is 6. The van der Waals surface area contributed by atoms with Crippen LogP contribution in [-0.4, -0.2) is 41.3 Å². The molecule has 1 aromatic heterocycles. The van der Waals surface area contributed by atoms with Gasteiger partial charge in [-0.1, -0.05) is 5.11 Å². The standard InChI is InChI=1S/C25H21FN6O4/c1-15-10-17(23(33)12-22(15)30-31-27)2-5-24(34)29-13-19-14-32(25(35)36-19)18-3-4-20(21(26)11-18)16-6-8-28-9-7-16/h2-12,19,33H,13-14H2,1H3,(H,29,34)/b5-2+/t19-/m0/s1. The molecule has 2 N–H and O–H groups in total. The Balaban J connectivity index is 1.35. The van der Waals surface area contributed by atoms with Crippen molar-refractivity contribution in [2.75, 3.05) is 18.0 Å². The molecule has 1 fully saturated rings. The largest absolute Gasteiger partial charge is 0.507 e. The Morgan fingerprint density at radius 1 is 1.33 bits per heavy atom. The van der Waals surface area contributed by atoms with E-state index in [9.17, 15) is 19.1 Å². The van der Waals surface area contributed by atoms with E-state index in [1.54, 1.807) is 49.6 Å². The number of aromatic hydroxyl groups is 1. The van der Waals surface area contributed by atoms with Crippen LogP contribution in [0.25, 0.3) is 27.6 Å². The first-order chi connectivity index (χ1) is 17.4. The molecule has 2 aromatic carbocycles. The lowest BCUT2D eigenvalue weighted by Gasteiger charge is -2.14. The van der Waals surface area contributed by atoms with Gasteiger partial charge in [0.05, 0.1) is 18.8 Å². The molecule has 36 heavy (non-hydrogen) atoms. The summed E-state index contributed by atoms with van der Waals surface area (Å²) in [6.07, 6.45) is 4.51. The van der Waals surface area contributed by atoms with Crippen LogP contribution in [0, 0.1) is 12.7 Å². The van der Waals surface area contributed by atoms with Gasteiger partial charge in [0.15, 0.2) is 0 Å². The van der Waals surface area contributed by atoms with E-state index < -0.39 is 23.9 Å². The molecule has 4 rings (SSSR count). The van der Waals surface area contributed by atoms with Crippen molar-refractivity contribution in [3.63, 3.8) is 0 Å². The predicted molar refractivity (Wildman–Crippen MR) is 131 cm³/mol. The third kappa shape index (κ3) is 5.43. The zero-order valence-corrected chi connectivity index (χ0v) is 19.1. The Labute approximate surface area is 205 Å². The summed E-state index contributed by atoms with van der Waals surface area (Å²) in [6.45, 7) is 1.89. The van der Waals surface area contributed by atoms with E-state index in [0.717, 1.165) is 0 Å². The van der Waals surface area contributed by atoms with Gasteiger partial charge in [-0.05, 0) is 72.1 Å². The van der Waals surface area contributed by atoms with Crippen molar-refractivity contribution in [3.05, 3.63) is 88.3 Å². The lowest BCUT2D eigenvalue weighted by Crippen LogP contribution is -2.33. The second-order valence-corrected chi connectivity index (χ2v) is 7.98. The topological polar surface area (TPSA) is 141 Å². The van der Waals surface area contributed by atoms with Gasteiger partial charge in [-0.2, -0.15) is 0 Å². The molecule has 0 saturated carbocycles. The number of carbonyl (C=O) groups excluding carboxylic acids is 2. The molecule has 0 bridgehead atoms. The van der Waals surface area contributed by atoms with Crippen LogP contribution >= 0.6 is 0 Å². The maximum Gasteiger partial charge on any atom is 0.414 e. The first kappa shape index (κ1) is 24.2. The Morgan fingerprint density at radius 2 is 2.11 bits per heavy atom. The average molecular weight is 488 g/mol. The molecule has 0 aliphatic carbocycles. The van der Waals surface area contributed by atoms with Crippen molar-refractivity contribution in [1.82, 2.24) is 10.3 Å². The number of pyridine rings is 1. The van der Waals surface area contributed by atoms with Crippen LogP contribution in [0.3, 0.4) is 0 Å². The van der Waals surface area contributed by atoms with E-state index in [0.29, 0.717) is 27.9 Å². The van der Waals surface area contributed by atoms with Gasteiger partial charge < -0.3 is 15.2 Å². The van der Waals surface area contributed by atoms with E-state index in [2.05, 4.69) is 20.3 Å². The number of benzene rings is 2. The summed E-state index contributed by atoms with van der Waals surface area (Å²) in [5.41, 5.74) is 11.2. The Hall–Kier alpha value is -4.89. The molecule has 182 valence electrons. The number of hydrogen-bond donors (Lipinski definition) is 2. The number of cyclic esters (lactones) is 1. The fourth-order valence-corrected chi connectivity index (χ4v) is 3.71. The third-order valence-electron chi connectivity index (χ3n) is 5.55. The maximum atomic E-state index is 14.7. The lowest BCUT2D eigenvalue weighted by atomic mass is 10.1. The fraction of sp³-hybridized carbons (Fsp3) is 0.160. The Kier molecular flexibility index (Phi) is 7.12. The van der Waals surface area contributed by atoms with Crippen LogP contribution in [0.4, 0.5) is 20.6 Å². The highest BCUT2D eigenvalue weighted by atomic mass is 19.1. The highest BCUT2D eigenvalue weighted by molar-refractivity contribution is 5.93. The number of aryl methyl sites for hydroxylation is 1. The zero-order valence-electron chi connectivity index (χ0n) is 19.1. The molecule has 1 aliphatic rings. The quantitative estimate of drug-likeness (QED) is 0.208. The molecule has 1 saturated heterocycles. The number of halogens is 1. The number of rotatable bonds is 7. The van der Waals surface area contributed by atoms with E-state index in [-0.39, 0.29) is 24.5 Å². The summed E-state index contributed by atoms with van der Waals surface area (Å²) in [5.74, 6) is -1.10. The summed E-state index contributed by atoms with van der Waals surface area (Å²) in [5, 5.41) is 16.2. The third-order valence-corrected chi connectivity index (χ3v) is 5.55. The molecule has 1 atom stereocenters. The molecule has 0 unspecified atom stereocenters. The van der Waals surface area contributed by atoms with Crippen LogP contribution in [0.2, 0.25) is 0 Å². The Bertz CT molecular complexity index is 1390. The molecular formula is C25H21FN6O4. The molecule has 2 heterocycles. The van der Waals surface area contributed by atoms with Crippen molar-refractivity contribution in [2.45, 2.75) is 13.0 Å². The van der Waals surface area contributed by atoms with Gasteiger partial charge in [-0.15, -0.1) is 0 Å². The monoisotopic (exact) mass is 488 g/mol. The Morgan fingerprint density at radius 3 is 2.83 bits per heavy atom. The summed E-state index contributed by atoms with van der Waals surface area (Å²) in [6, 6.07) is 10.8. The van der Waals surface area contributed by atoms with Gasteiger partial charge in [0, 0.05) is 40.2 Å². The number of ether oxygens (including phenoxy) is 1. The van der Waals surface area contributed by atoms with E-state index in [1.807, 2.05) is 0 Å². The molecule has 2 amide bonds. The number of nitrogens with one attached hydrogen (secondary N) is 1. The first-order valence-corrected chi connectivity index (χ1v) is 10.9. The molecular weight excluding hydrogens is 467 g/mol. The maximum absolute atomic E-state index is 14.7. The van der Waals surface area contributed by atoms with Gasteiger partial charge in [-0.3, -0.25) is 14.7 Å². The van der Waals surface area contributed by atoms with Crippen LogP contribution in [0.5, 0.6) is 5.75 Å². The van der Waals surface area contributed by atoms with Crippen LogP contribution in [-0.2, 0) is 9.53 Å². The molecule has 3 aromatic rings. The smallest absolute Gasteiger partial charge is 0.414 e. The van der Waals surface area contributed by atoms with Gasteiger partial charge >= 0.3 is 6.09 Å². The van der Waals surface area contributed by atoms with E-state index in [4.69, 9.17) is 10.3 Å². The molecule has 10 nitrogen and oxygen atoms in total. The normalized spacial score (nSPS) is 15.0. The van der Waals surface area contributed by atoms with E-state index in [1.165, 1.54) is 29.2 Å². The van der Waals surface area contributed by atoms with Crippen molar-refractivity contribution < 1.29 is 23.8 Å². The average Bonchev–Trinajstić information content (AvgIpc) is 3.25. The molecule has 11 heteroatoms. The first-order valence-electron chi connectivity index (χ1n) is 10.9. The lowest BCUT2D eigenvalue weighted by molar-refractivity contribution is -0.116. The second-order valence-electron chi connectivity index (χ2n) is 7.98. The highest BCUT2D eigenvalue weighted by Crippen LogP contribution is 2.30. The highest BCUT2D eigenvalue weighted by Gasteiger charge is 2.32. The fourth-order valence-electron chi connectivity index (χ4n) is 3.71. The van der Waals surface area contributed by atoms with Crippen molar-refractivity contribution in [3.8, 4) is 16.9 Å². The van der Waals surface area contributed by atoms with E-state index >= 15 is 0 Å². The van der Waals surface area contributed by atoms with Crippen LogP contribution < -0.4 is 10.2 Å². The number of amides is 2. The molecule has 1 aliphatic heterocycles. The van der Waals surface area contributed by atoms with Gasteiger partial charge in [-0.25, -0.2) is 9.18 Å². The minimum absolute atomic E-state index is 0.0455. The van der Waals surface area contributed by atoms with Crippen LogP contribution in [0.15, 0.2) is 66.0 Å². The minimum Gasteiger partial charge on any atom is -0.507 e. The summed E-state index contributed by atoms with van der Waals surface area (Å²) in [7, 11) is 0. The SMILES string of the molecule is Cc1cc(/C=C/C(=O)NC[C@H]2CN(c3ccc(-c4ccncc4)c(F)c3)C(=O)O2)c(O)cc1N=[N+]=[N-]. The zero-order chi connectivity index (χ0) is 25.7. The van der Waals surface area contributed by atoms with Gasteiger partial charge in [0.1, 0.15) is 17.7 Å². The van der Waals surface area contributed by atoms with Crippen molar-refractivity contribution in [1.29, 1.82) is 0 Å². The van der Waals surface area contributed by atoms with Crippen molar-refractivity contribution in [2.24, 2.45) is 5.11 Å². The van der Waals surface area contributed by atoms with Gasteiger partial charge in [0.2, 0.25) is 5.91 Å². The number of aromatic nitrogens is 1. The summed E-state index contributed by atoms with van der Waals surface area (Å²) in [4.78, 5) is 32.5. The number of phenolic OH excluding ortho intramolecular Hbond substituents is 1. The number of azide groups is 1.